The van der Waals surface area contributed by atoms with Gasteiger partial charge in [0.25, 0.3) is 5.91 Å². The van der Waals surface area contributed by atoms with E-state index < -0.39 is 17.8 Å². The monoisotopic (exact) mass is 391 g/mol. The number of hydrogen-bond acceptors (Lipinski definition) is 7. The lowest BCUT2D eigenvalue weighted by molar-refractivity contribution is -0.118. The van der Waals surface area contributed by atoms with E-state index in [-0.39, 0.29) is 22.0 Å². The van der Waals surface area contributed by atoms with E-state index >= 15 is 0 Å². The zero-order chi connectivity index (χ0) is 20.1. The average molecular weight is 391 g/mol. The first-order chi connectivity index (χ1) is 12.8. The van der Waals surface area contributed by atoms with Crippen LogP contribution in [0.3, 0.4) is 0 Å². The van der Waals surface area contributed by atoms with Crippen LogP contribution in [0.2, 0.25) is 0 Å². The van der Waals surface area contributed by atoms with E-state index in [1.165, 1.54) is 14.2 Å². The molecule has 1 heterocycles. The maximum Gasteiger partial charge on any atom is 0.348 e. The van der Waals surface area contributed by atoms with Gasteiger partial charge in [-0.1, -0.05) is 18.2 Å². The molecule has 1 N–H and O–H groups in total. The predicted molar refractivity (Wildman–Crippen MR) is 102 cm³/mol. The van der Waals surface area contributed by atoms with Gasteiger partial charge in [-0.15, -0.1) is 11.3 Å². The SMILES string of the molecule is COC(=O)c1sc(NC(=O)COc2c(C)cccc2C)c(C(=O)OC)c1C. The van der Waals surface area contributed by atoms with Crippen LogP contribution in [0.4, 0.5) is 5.00 Å². The molecule has 0 fully saturated rings. The number of nitrogens with one attached hydrogen (secondary N) is 1. The minimum atomic E-state index is -0.648. The molecule has 0 bridgehead atoms. The molecule has 2 aromatic rings. The zero-order valence-electron chi connectivity index (χ0n) is 15.8. The van der Waals surface area contributed by atoms with Crippen molar-refractivity contribution in [3.8, 4) is 5.75 Å². The molecule has 1 amide bonds. The van der Waals surface area contributed by atoms with E-state index in [1.807, 2.05) is 32.0 Å². The fourth-order valence-corrected chi connectivity index (χ4v) is 3.69. The number of carbonyl (C=O) groups excluding carboxylic acids is 3. The summed E-state index contributed by atoms with van der Waals surface area (Å²) in [5.74, 6) is -1.06. The van der Waals surface area contributed by atoms with Crippen molar-refractivity contribution in [2.24, 2.45) is 0 Å². The number of methoxy groups -OCH3 is 2. The third-order valence-electron chi connectivity index (χ3n) is 3.92. The molecule has 144 valence electrons. The van der Waals surface area contributed by atoms with Crippen LogP contribution in [0.5, 0.6) is 5.75 Å². The van der Waals surface area contributed by atoms with Gasteiger partial charge in [-0.05, 0) is 37.5 Å². The average Bonchev–Trinajstić information content (AvgIpc) is 2.96. The van der Waals surface area contributed by atoms with E-state index in [0.29, 0.717) is 11.3 Å². The molecule has 27 heavy (non-hydrogen) atoms. The number of esters is 2. The highest BCUT2D eigenvalue weighted by Gasteiger charge is 2.26. The third-order valence-corrected chi connectivity index (χ3v) is 5.10. The molecule has 0 saturated heterocycles. The van der Waals surface area contributed by atoms with Gasteiger partial charge in [0.05, 0.1) is 19.8 Å². The molecule has 2 rings (SSSR count). The molecule has 1 aromatic heterocycles. The summed E-state index contributed by atoms with van der Waals surface area (Å²) in [6.07, 6.45) is 0. The van der Waals surface area contributed by atoms with Crippen LogP contribution in [0.25, 0.3) is 0 Å². The summed E-state index contributed by atoms with van der Waals surface area (Å²) >= 11 is 0.956. The number of para-hydroxylation sites is 1. The van der Waals surface area contributed by atoms with Crippen LogP contribution in [-0.2, 0) is 14.3 Å². The molecule has 0 aliphatic rings. The van der Waals surface area contributed by atoms with Crippen molar-refractivity contribution in [3.63, 3.8) is 0 Å². The predicted octanol–water partition coefficient (Wildman–Crippen LogP) is 3.26. The second-order valence-corrected chi connectivity index (χ2v) is 6.82. The molecule has 0 atom stereocenters. The van der Waals surface area contributed by atoms with Crippen molar-refractivity contribution in [2.75, 3.05) is 26.1 Å². The van der Waals surface area contributed by atoms with Crippen molar-refractivity contribution in [1.82, 2.24) is 0 Å². The normalized spacial score (nSPS) is 10.3. The molecule has 0 radical (unpaired) electrons. The van der Waals surface area contributed by atoms with Gasteiger partial charge in [0.15, 0.2) is 6.61 Å². The highest BCUT2D eigenvalue weighted by molar-refractivity contribution is 7.18. The van der Waals surface area contributed by atoms with E-state index in [1.54, 1.807) is 6.92 Å². The largest absolute Gasteiger partial charge is 0.483 e. The van der Waals surface area contributed by atoms with Crippen molar-refractivity contribution in [2.45, 2.75) is 20.8 Å². The van der Waals surface area contributed by atoms with Gasteiger partial charge in [-0.25, -0.2) is 9.59 Å². The molecule has 7 nitrogen and oxygen atoms in total. The van der Waals surface area contributed by atoms with Crippen molar-refractivity contribution in [3.05, 3.63) is 45.3 Å². The number of aryl methyl sites for hydroxylation is 2. The lowest BCUT2D eigenvalue weighted by Gasteiger charge is -2.12. The van der Waals surface area contributed by atoms with E-state index in [0.717, 1.165) is 22.5 Å². The second-order valence-electron chi connectivity index (χ2n) is 5.80. The number of amides is 1. The minimum Gasteiger partial charge on any atom is -0.483 e. The lowest BCUT2D eigenvalue weighted by Crippen LogP contribution is -2.21. The Morgan fingerprint density at radius 2 is 1.59 bits per heavy atom. The van der Waals surface area contributed by atoms with Crippen LogP contribution in [-0.4, -0.2) is 38.7 Å². The van der Waals surface area contributed by atoms with Crippen LogP contribution in [0.1, 0.15) is 36.7 Å². The standard InChI is InChI=1S/C19H21NO6S/c1-10-7-6-8-11(2)15(10)26-9-13(21)20-17-14(18(22)24-4)12(3)16(27-17)19(23)25-5/h6-8H,9H2,1-5H3,(H,20,21). The molecular weight excluding hydrogens is 370 g/mol. The van der Waals surface area contributed by atoms with Gasteiger partial charge >= 0.3 is 11.9 Å². The number of thiophene rings is 1. The molecule has 0 saturated carbocycles. The Kier molecular flexibility index (Phi) is 6.57. The molecule has 0 aliphatic heterocycles. The van der Waals surface area contributed by atoms with Gasteiger partial charge < -0.3 is 19.5 Å². The summed E-state index contributed by atoms with van der Waals surface area (Å²) in [7, 11) is 2.48. The van der Waals surface area contributed by atoms with E-state index in [9.17, 15) is 14.4 Å². The Hall–Kier alpha value is -2.87. The summed E-state index contributed by atoms with van der Waals surface area (Å²) in [4.78, 5) is 36.5. The quantitative estimate of drug-likeness (QED) is 0.760. The summed E-state index contributed by atoms with van der Waals surface area (Å²) in [6.45, 7) is 5.14. The molecule has 0 unspecified atom stereocenters. The van der Waals surface area contributed by atoms with Crippen molar-refractivity contribution < 1.29 is 28.6 Å². The Bertz CT molecular complexity index is 866. The van der Waals surface area contributed by atoms with Crippen LogP contribution < -0.4 is 10.1 Å². The first-order valence-electron chi connectivity index (χ1n) is 8.09. The minimum absolute atomic E-state index is 0.128. The van der Waals surface area contributed by atoms with Gasteiger partial charge in [0.2, 0.25) is 0 Å². The van der Waals surface area contributed by atoms with Crippen LogP contribution in [0, 0.1) is 20.8 Å². The van der Waals surface area contributed by atoms with Gasteiger partial charge in [-0.3, -0.25) is 4.79 Å². The van der Waals surface area contributed by atoms with Crippen molar-refractivity contribution >= 4 is 34.2 Å². The number of ether oxygens (including phenoxy) is 3. The number of benzene rings is 1. The molecular formula is C19H21NO6S. The summed E-state index contributed by atoms with van der Waals surface area (Å²) < 4.78 is 15.1. The first kappa shape index (κ1) is 20.4. The maximum atomic E-state index is 12.3. The second kappa shape index (κ2) is 8.68. The van der Waals surface area contributed by atoms with Gasteiger partial charge in [0.1, 0.15) is 15.6 Å². The number of carbonyl (C=O) groups is 3. The fourth-order valence-electron chi connectivity index (χ4n) is 2.56. The molecule has 0 spiro atoms. The maximum absolute atomic E-state index is 12.3. The third kappa shape index (κ3) is 4.46. The Morgan fingerprint density at radius 3 is 2.15 bits per heavy atom. The Morgan fingerprint density at radius 1 is 1.00 bits per heavy atom. The molecule has 8 heteroatoms. The Balaban J connectivity index is 2.21. The lowest BCUT2D eigenvalue weighted by atomic mass is 10.1. The summed E-state index contributed by atoms with van der Waals surface area (Å²) in [6, 6.07) is 5.69. The summed E-state index contributed by atoms with van der Waals surface area (Å²) in [5, 5.41) is 2.84. The highest BCUT2D eigenvalue weighted by atomic mass is 32.1. The number of anilines is 1. The Labute approximate surface area is 161 Å². The van der Waals surface area contributed by atoms with E-state index in [4.69, 9.17) is 14.2 Å². The number of hydrogen-bond donors (Lipinski definition) is 1. The summed E-state index contributed by atoms with van der Waals surface area (Å²) in [5.41, 5.74) is 2.35. The van der Waals surface area contributed by atoms with Crippen molar-refractivity contribution in [1.29, 1.82) is 0 Å². The van der Waals surface area contributed by atoms with Gasteiger partial charge in [0, 0.05) is 0 Å². The molecule has 0 aliphatic carbocycles. The molecule has 1 aromatic carbocycles. The van der Waals surface area contributed by atoms with Crippen LogP contribution in [0.15, 0.2) is 18.2 Å². The van der Waals surface area contributed by atoms with Crippen LogP contribution >= 0.6 is 11.3 Å². The van der Waals surface area contributed by atoms with E-state index in [2.05, 4.69) is 5.32 Å². The smallest absolute Gasteiger partial charge is 0.348 e. The topological polar surface area (TPSA) is 90.9 Å². The highest BCUT2D eigenvalue weighted by Crippen LogP contribution is 2.34. The first-order valence-corrected chi connectivity index (χ1v) is 8.90. The zero-order valence-corrected chi connectivity index (χ0v) is 16.6. The number of rotatable bonds is 6. The van der Waals surface area contributed by atoms with Gasteiger partial charge in [-0.2, -0.15) is 0 Å². The fraction of sp³-hybridized carbons (Fsp3) is 0.316.